The second-order valence-corrected chi connectivity index (χ2v) is 9.63. The molecule has 0 radical (unpaired) electrons. The van der Waals surface area contributed by atoms with Crippen molar-refractivity contribution in [3.05, 3.63) is 0 Å². The van der Waals surface area contributed by atoms with Gasteiger partial charge in [0.1, 0.15) is 6.61 Å². The molecular formula is C8H17ClO2Si. The molecular weight excluding hydrogens is 192 g/mol. The van der Waals surface area contributed by atoms with Crippen molar-refractivity contribution in [1.82, 2.24) is 0 Å². The number of hydrogen-bond acceptors (Lipinski definition) is 2. The highest BCUT2D eigenvalue weighted by molar-refractivity contribution is 6.74. The fourth-order valence-corrected chi connectivity index (χ4v) is 1.52. The molecule has 0 spiro atoms. The van der Waals surface area contributed by atoms with Crippen LogP contribution >= 0.6 is 11.6 Å². The van der Waals surface area contributed by atoms with Crippen LogP contribution in [0.15, 0.2) is 0 Å². The summed E-state index contributed by atoms with van der Waals surface area (Å²) < 4.78 is 5.51. The Bertz CT molecular complexity index is 172. The van der Waals surface area contributed by atoms with E-state index in [0.717, 1.165) is 0 Å². The van der Waals surface area contributed by atoms with Crippen LogP contribution < -0.4 is 0 Å². The molecule has 0 aliphatic heterocycles. The maximum absolute atomic E-state index is 10.5. The minimum atomic E-state index is -1.77. The zero-order valence-electron chi connectivity index (χ0n) is 8.40. The Balaban J connectivity index is 4.14. The lowest BCUT2D eigenvalue weighted by Gasteiger charge is -2.35. The van der Waals surface area contributed by atoms with Crippen LogP contribution in [0.4, 0.5) is 0 Å². The van der Waals surface area contributed by atoms with E-state index in [9.17, 15) is 4.79 Å². The summed E-state index contributed by atoms with van der Waals surface area (Å²) in [7, 11) is -1.77. The van der Waals surface area contributed by atoms with Crippen LogP contribution in [0.3, 0.4) is 0 Å². The molecule has 0 aliphatic carbocycles. The van der Waals surface area contributed by atoms with Gasteiger partial charge in [0.15, 0.2) is 8.32 Å². The largest absolute Gasteiger partial charge is 0.408 e. The number of carbonyl (C=O) groups excluding carboxylic acids is 1. The Morgan fingerprint density at radius 1 is 1.42 bits per heavy atom. The van der Waals surface area contributed by atoms with Gasteiger partial charge >= 0.3 is 0 Å². The van der Waals surface area contributed by atoms with Crippen LogP contribution in [0.1, 0.15) is 20.8 Å². The number of rotatable bonds is 3. The van der Waals surface area contributed by atoms with Crippen LogP contribution in [0.2, 0.25) is 18.1 Å². The molecule has 0 aromatic heterocycles. The van der Waals surface area contributed by atoms with Crippen molar-refractivity contribution in [2.24, 2.45) is 0 Å². The molecule has 0 saturated heterocycles. The lowest BCUT2D eigenvalue weighted by atomic mass is 10.2. The second-order valence-electron chi connectivity index (χ2n) is 4.40. The molecule has 4 heteroatoms. The first-order valence-corrected chi connectivity index (χ1v) is 7.28. The maximum Gasteiger partial charge on any atom is 0.246 e. The van der Waals surface area contributed by atoms with Crippen molar-refractivity contribution >= 4 is 25.2 Å². The average molecular weight is 209 g/mol. The van der Waals surface area contributed by atoms with Gasteiger partial charge in [0.2, 0.25) is 5.24 Å². The summed E-state index contributed by atoms with van der Waals surface area (Å²) in [6.45, 7) is 10.6. The van der Waals surface area contributed by atoms with Gasteiger partial charge in [-0.3, -0.25) is 4.79 Å². The van der Waals surface area contributed by atoms with Crippen molar-refractivity contribution < 1.29 is 9.22 Å². The van der Waals surface area contributed by atoms with E-state index in [1.807, 2.05) is 0 Å². The highest BCUT2D eigenvalue weighted by Gasteiger charge is 2.37. The van der Waals surface area contributed by atoms with Gasteiger partial charge in [-0.2, -0.15) is 0 Å². The van der Waals surface area contributed by atoms with Gasteiger partial charge in [0.25, 0.3) is 0 Å². The summed E-state index contributed by atoms with van der Waals surface area (Å²) in [5.74, 6) is 0. The average Bonchev–Trinajstić information content (AvgIpc) is 1.81. The summed E-state index contributed by atoms with van der Waals surface area (Å²) in [6, 6.07) is 0. The van der Waals surface area contributed by atoms with E-state index in [4.69, 9.17) is 16.0 Å². The van der Waals surface area contributed by atoms with Crippen LogP contribution in [0.25, 0.3) is 0 Å². The van der Waals surface area contributed by atoms with E-state index >= 15 is 0 Å². The molecule has 0 saturated carbocycles. The zero-order chi connectivity index (χ0) is 9.99. The van der Waals surface area contributed by atoms with Gasteiger partial charge in [0, 0.05) is 0 Å². The molecule has 0 aromatic carbocycles. The predicted molar refractivity (Wildman–Crippen MR) is 54.0 cm³/mol. The first-order valence-electron chi connectivity index (χ1n) is 3.99. The molecule has 0 rings (SSSR count). The molecule has 0 N–H and O–H groups in total. The van der Waals surface area contributed by atoms with Gasteiger partial charge in [0.05, 0.1) is 0 Å². The Hall–Kier alpha value is 0.137. The van der Waals surface area contributed by atoms with Gasteiger partial charge in [-0.1, -0.05) is 20.8 Å². The Morgan fingerprint density at radius 3 is 2.08 bits per heavy atom. The summed E-state index contributed by atoms with van der Waals surface area (Å²) in [4.78, 5) is 10.5. The third-order valence-electron chi connectivity index (χ3n) is 2.35. The normalized spacial score (nSPS) is 13.2. The smallest absolute Gasteiger partial charge is 0.246 e. The van der Waals surface area contributed by atoms with Crippen LogP contribution in [-0.4, -0.2) is 20.2 Å². The molecule has 0 atom stereocenters. The maximum atomic E-state index is 10.5. The third kappa shape index (κ3) is 3.69. The molecule has 0 aliphatic rings. The van der Waals surface area contributed by atoms with Gasteiger partial charge in [-0.25, -0.2) is 0 Å². The number of halogens is 1. The summed E-state index contributed by atoms with van der Waals surface area (Å²) in [5, 5.41) is -0.279. The van der Waals surface area contributed by atoms with E-state index < -0.39 is 13.6 Å². The molecule has 12 heavy (non-hydrogen) atoms. The topological polar surface area (TPSA) is 26.3 Å². The zero-order valence-corrected chi connectivity index (χ0v) is 10.2. The van der Waals surface area contributed by atoms with Gasteiger partial charge in [-0.15, -0.1) is 0 Å². The number of carbonyl (C=O) groups is 1. The molecule has 0 fully saturated rings. The highest BCUT2D eigenvalue weighted by Crippen LogP contribution is 2.36. The summed E-state index contributed by atoms with van der Waals surface area (Å²) in [6.07, 6.45) is 0. The standard InChI is InChI=1S/C8H17ClO2Si/c1-8(2,3)12(4,5)11-6-7(9)10/h6H2,1-5H3. The Morgan fingerprint density at radius 2 is 1.83 bits per heavy atom. The minimum absolute atomic E-state index is 0.0397. The molecule has 0 bridgehead atoms. The van der Waals surface area contributed by atoms with Crippen molar-refractivity contribution in [1.29, 1.82) is 0 Å². The van der Waals surface area contributed by atoms with E-state index in [2.05, 4.69) is 33.9 Å². The Kier molecular flexibility index (Phi) is 3.94. The number of hydrogen-bond donors (Lipinski definition) is 0. The highest BCUT2D eigenvalue weighted by atomic mass is 35.5. The fourth-order valence-electron chi connectivity index (χ4n) is 0.454. The third-order valence-corrected chi connectivity index (χ3v) is 6.94. The quantitative estimate of drug-likeness (QED) is 0.527. The summed E-state index contributed by atoms with van der Waals surface area (Å²) in [5.41, 5.74) is 0. The monoisotopic (exact) mass is 208 g/mol. The van der Waals surface area contributed by atoms with E-state index in [-0.39, 0.29) is 11.6 Å². The fraction of sp³-hybridized carbons (Fsp3) is 0.875. The van der Waals surface area contributed by atoms with Crippen molar-refractivity contribution in [2.45, 2.75) is 38.9 Å². The van der Waals surface area contributed by atoms with E-state index in [1.165, 1.54) is 0 Å². The van der Waals surface area contributed by atoms with Crippen molar-refractivity contribution in [2.75, 3.05) is 6.61 Å². The molecule has 0 aromatic rings. The van der Waals surface area contributed by atoms with Crippen molar-refractivity contribution in [3.63, 3.8) is 0 Å². The predicted octanol–water partition coefficient (Wildman–Crippen LogP) is 2.77. The first kappa shape index (κ1) is 12.1. The molecule has 0 heterocycles. The summed E-state index contributed by atoms with van der Waals surface area (Å²) >= 11 is 5.19. The SMILES string of the molecule is CC(C)(C)[Si](C)(C)OCC(=O)Cl. The molecule has 0 amide bonds. The lowest BCUT2D eigenvalue weighted by Crippen LogP contribution is -2.41. The van der Waals surface area contributed by atoms with E-state index in [0.29, 0.717) is 0 Å². The van der Waals surface area contributed by atoms with Crippen LogP contribution in [0.5, 0.6) is 0 Å². The first-order chi connectivity index (χ1) is 5.17. The molecule has 72 valence electrons. The minimum Gasteiger partial charge on any atom is -0.408 e. The van der Waals surface area contributed by atoms with Crippen LogP contribution in [-0.2, 0) is 9.22 Å². The van der Waals surface area contributed by atoms with E-state index in [1.54, 1.807) is 0 Å². The Labute approximate surface area is 80.4 Å². The van der Waals surface area contributed by atoms with Gasteiger partial charge < -0.3 is 4.43 Å². The van der Waals surface area contributed by atoms with Gasteiger partial charge in [-0.05, 0) is 29.7 Å². The molecule has 2 nitrogen and oxygen atoms in total. The van der Waals surface area contributed by atoms with Crippen LogP contribution in [0, 0.1) is 0 Å². The molecule has 0 unspecified atom stereocenters. The lowest BCUT2D eigenvalue weighted by molar-refractivity contribution is -0.113. The second kappa shape index (κ2) is 3.90. The van der Waals surface area contributed by atoms with Crippen molar-refractivity contribution in [3.8, 4) is 0 Å².